The summed E-state index contributed by atoms with van der Waals surface area (Å²) in [6.07, 6.45) is -2.48. The van der Waals surface area contributed by atoms with Gasteiger partial charge in [0.25, 0.3) is 5.91 Å². The van der Waals surface area contributed by atoms with E-state index in [4.69, 9.17) is 44.1 Å². The van der Waals surface area contributed by atoms with E-state index >= 15 is 0 Å². The van der Waals surface area contributed by atoms with Crippen LogP contribution in [0.5, 0.6) is 0 Å². The number of aliphatic hydroxyl groups excluding tert-OH is 1. The number of nitrogens with two attached hydrogens (primary N) is 2. The third kappa shape index (κ3) is 8.14. The van der Waals surface area contributed by atoms with Gasteiger partial charge in [-0.2, -0.15) is 0 Å². The van der Waals surface area contributed by atoms with Crippen molar-refractivity contribution in [2.45, 2.75) is 37.0 Å². The van der Waals surface area contributed by atoms with Crippen molar-refractivity contribution in [3.63, 3.8) is 0 Å². The van der Waals surface area contributed by atoms with E-state index in [1.165, 1.54) is 0 Å². The summed E-state index contributed by atoms with van der Waals surface area (Å²) in [5.74, 6) is -2.75. The minimum atomic E-state index is -2.53. The molecule has 40 heavy (non-hydrogen) atoms. The van der Waals surface area contributed by atoms with Gasteiger partial charge < -0.3 is 41.4 Å². The molecule has 3 amide bonds. The molecule has 1 heterocycles. The van der Waals surface area contributed by atoms with Crippen molar-refractivity contribution >= 4 is 46.6 Å². The van der Waals surface area contributed by atoms with Crippen LogP contribution in [0.25, 0.3) is 0 Å². The maximum absolute atomic E-state index is 12.5. The lowest BCUT2D eigenvalue weighted by atomic mass is 9.84. The predicted octanol–water partition coefficient (Wildman–Crippen LogP) is 1.39. The summed E-state index contributed by atoms with van der Waals surface area (Å²) in [5.41, 5.74) is 11.3. The van der Waals surface area contributed by atoms with Gasteiger partial charge >= 0.3 is 0 Å². The number of hydrogen-bond donors (Lipinski definition) is 5. The van der Waals surface area contributed by atoms with E-state index in [-0.39, 0.29) is 44.7 Å². The molecule has 0 bridgehead atoms. The number of aliphatic hydroxyl groups is 2. The Bertz CT molecular complexity index is 1230. The van der Waals surface area contributed by atoms with E-state index in [1.54, 1.807) is 6.07 Å². The number of halogens is 2. The van der Waals surface area contributed by atoms with Gasteiger partial charge in [0.05, 0.1) is 32.8 Å². The van der Waals surface area contributed by atoms with E-state index in [9.17, 15) is 24.6 Å². The van der Waals surface area contributed by atoms with Crippen molar-refractivity contribution in [1.29, 1.82) is 0 Å². The second kappa shape index (κ2) is 14.2. The number of carbonyl (C=O) groups excluding carboxylic acids is 3. The van der Waals surface area contributed by atoms with Gasteiger partial charge in [0.1, 0.15) is 0 Å². The summed E-state index contributed by atoms with van der Waals surface area (Å²) in [6, 6.07) is 11.4. The topological polar surface area (TPSA) is 177 Å². The number of rotatable bonds is 14. The fourth-order valence-corrected chi connectivity index (χ4v) is 5.10. The van der Waals surface area contributed by atoms with Crippen molar-refractivity contribution in [3.05, 3.63) is 63.1 Å². The first-order valence-electron chi connectivity index (χ1n) is 12.6. The summed E-state index contributed by atoms with van der Waals surface area (Å²) in [6.45, 7) is 1.68. The maximum atomic E-state index is 12.5. The van der Waals surface area contributed by atoms with Gasteiger partial charge in [-0.1, -0.05) is 35.3 Å². The molecule has 0 fully saturated rings. The third-order valence-electron chi connectivity index (χ3n) is 6.69. The van der Waals surface area contributed by atoms with Crippen molar-refractivity contribution < 1.29 is 34.1 Å². The molecule has 13 heteroatoms. The zero-order chi connectivity index (χ0) is 29.4. The van der Waals surface area contributed by atoms with E-state index in [0.717, 1.165) is 29.8 Å². The van der Waals surface area contributed by atoms with Crippen LogP contribution in [-0.2, 0) is 30.4 Å². The molecular weight excluding hydrogens is 563 g/mol. The van der Waals surface area contributed by atoms with Gasteiger partial charge in [0, 0.05) is 41.2 Å². The fourth-order valence-electron chi connectivity index (χ4n) is 4.53. The highest BCUT2D eigenvalue weighted by Crippen LogP contribution is 2.38. The lowest BCUT2D eigenvalue weighted by molar-refractivity contribution is -0.161. The molecule has 0 saturated heterocycles. The van der Waals surface area contributed by atoms with Crippen LogP contribution in [0.2, 0.25) is 10.0 Å². The van der Waals surface area contributed by atoms with Crippen LogP contribution in [0.15, 0.2) is 36.4 Å². The standard InChI is InChI=1S/C27H34Cl2N4O7/c1-33-14-20(19-12-17(28)13-22(29)21(19)15-33)16-3-2-4-18(11-16)32-23(34)5-7-39-9-10-40-8-6-27(38,26(31)37)24(35)25(30)36/h2-4,11-13,20,24,35,38H,5-10,14-15H2,1H3,(H2,30,36)(H2,31,37)(H,32,34). The fraction of sp³-hybridized carbons (Fsp3) is 0.444. The molecule has 3 unspecified atom stereocenters. The van der Waals surface area contributed by atoms with Crippen LogP contribution >= 0.6 is 23.2 Å². The summed E-state index contributed by atoms with van der Waals surface area (Å²) in [4.78, 5) is 37.2. The Morgan fingerprint density at radius 1 is 1.12 bits per heavy atom. The molecule has 2 aromatic rings. The number of benzene rings is 2. The van der Waals surface area contributed by atoms with Crippen molar-refractivity contribution in [2.75, 3.05) is 45.3 Å². The summed E-state index contributed by atoms with van der Waals surface area (Å²) in [7, 11) is 2.03. The van der Waals surface area contributed by atoms with Crippen molar-refractivity contribution in [3.8, 4) is 0 Å². The molecule has 218 valence electrons. The Labute approximate surface area is 242 Å². The molecule has 2 aromatic carbocycles. The quantitative estimate of drug-likeness (QED) is 0.203. The van der Waals surface area contributed by atoms with E-state index in [1.807, 2.05) is 37.4 Å². The molecule has 11 nitrogen and oxygen atoms in total. The lowest BCUT2D eigenvalue weighted by Crippen LogP contribution is -2.58. The number of likely N-dealkylation sites (N-methyl/N-ethyl adjacent to an activating group) is 1. The predicted molar refractivity (Wildman–Crippen MR) is 150 cm³/mol. The van der Waals surface area contributed by atoms with Gasteiger partial charge in [-0.05, 0) is 48.0 Å². The summed E-state index contributed by atoms with van der Waals surface area (Å²) in [5, 5.41) is 23.9. The van der Waals surface area contributed by atoms with Crippen molar-refractivity contribution in [1.82, 2.24) is 4.90 Å². The lowest BCUT2D eigenvalue weighted by Gasteiger charge is -2.33. The summed E-state index contributed by atoms with van der Waals surface area (Å²) < 4.78 is 10.7. The second-order valence-electron chi connectivity index (χ2n) is 9.70. The molecule has 0 saturated carbocycles. The number of hydrogen-bond acceptors (Lipinski definition) is 8. The SMILES string of the molecule is CN1Cc2c(Cl)cc(Cl)cc2C(c2cccc(NC(=O)CCOCCOCCC(O)(C(N)=O)C(O)C(N)=O)c2)C1. The van der Waals surface area contributed by atoms with Gasteiger partial charge in [-0.25, -0.2) is 0 Å². The number of nitrogens with one attached hydrogen (secondary N) is 1. The molecule has 0 aromatic heterocycles. The van der Waals surface area contributed by atoms with Crippen LogP contribution in [0, 0.1) is 0 Å². The molecule has 0 aliphatic carbocycles. The molecule has 1 aliphatic rings. The first-order chi connectivity index (χ1) is 18.9. The Morgan fingerprint density at radius 2 is 1.82 bits per heavy atom. The monoisotopic (exact) mass is 596 g/mol. The van der Waals surface area contributed by atoms with Crippen LogP contribution in [-0.4, -0.2) is 84.6 Å². The molecular formula is C27H34Cl2N4O7. The average molecular weight is 597 g/mol. The highest BCUT2D eigenvalue weighted by Gasteiger charge is 2.44. The van der Waals surface area contributed by atoms with Gasteiger partial charge in [0.15, 0.2) is 11.7 Å². The number of fused-ring (bicyclic) bond motifs is 1. The zero-order valence-electron chi connectivity index (χ0n) is 22.1. The van der Waals surface area contributed by atoms with Gasteiger partial charge in [0.2, 0.25) is 11.8 Å². The van der Waals surface area contributed by atoms with E-state index < -0.39 is 29.9 Å². The molecule has 7 N–H and O–H groups in total. The third-order valence-corrected chi connectivity index (χ3v) is 7.24. The zero-order valence-corrected chi connectivity index (χ0v) is 23.6. The number of nitrogens with zero attached hydrogens (tertiary/aromatic N) is 1. The first-order valence-corrected chi connectivity index (χ1v) is 13.4. The molecule has 0 radical (unpaired) electrons. The van der Waals surface area contributed by atoms with E-state index in [0.29, 0.717) is 15.7 Å². The normalized spacial score (nSPS) is 17.5. The van der Waals surface area contributed by atoms with Crippen molar-refractivity contribution in [2.24, 2.45) is 11.5 Å². The minimum absolute atomic E-state index is 0.0446. The summed E-state index contributed by atoms with van der Waals surface area (Å²) >= 11 is 12.8. The molecule has 0 spiro atoms. The highest BCUT2D eigenvalue weighted by atomic mass is 35.5. The van der Waals surface area contributed by atoms with Crippen LogP contribution < -0.4 is 16.8 Å². The van der Waals surface area contributed by atoms with E-state index in [2.05, 4.69) is 10.2 Å². The average Bonchev–Trinajstić information content (AvgIpc) is 2.89. The largest absolute Gasteiger partial charge is 0.380 e. The molecule has 3 rings (SSSR count). The minimum Gasteiger partial charge on any atom is -0.380 e. The Morgan fingerprint density at radius 3 is 2.50 bits per heavy atom. The Hall–Kier alpha value is -2.77. The number of primary amides is 2. The second-order valence-corrected chi connectivity index (χ2v) is 10.5. The smallest absolute Gasteiger partial charge is 0.252 e. The Kier molecular flexibility index (Phi) is 11.3. The van der Waals surface area contributed by atoms with Crippen LogP contribution in [0.3, 0.4) is 0 Å². The number of anilines is 1. The number of amides is 3. The molecule has 3 atom stereocenters. The Balaban J connectivity index is 1.43. The number of ether oxygens (including phenoxy) is 2. The maximum Gasteiger partial charge on any atom is 0.252 e. The highest BCUT2D eigenvalue weighted by molar-refractivity contribution is 6.35. The molecule has 1 aliphatic heterocycles. The van der Waals surface area contributed by atoms with Crippen LogP contribution in [0.1, 0.15) is 35.4 Å². The first kappa shape index (κ1) is 31.8. The van der Waals surface area contributed by atoms with Gasteiger partial charge in [-0.15, -0.1) is 0 Å². The van der Waals surface area contributed by atoms with Crippen LogP contribution in [0.4, 0.5) is 5.69 Å². The van der Waals surface area contributed by atoms with Gasteiger partial charge in [-0.3, -0.25) is 14.4 Å². The number of carbonyl (C=O) groups is 3.